The van der Waals surface area contributed by atoms with Crippen LogP contribution in [0.4, 0.5) is 0 Å². The summed E-state index contributed by atoms with van der Waals surface area (Å²) in [7, 11) is 0. The molecule has 0 unspecified atom stereocenters. The van der Waals surface area contributed by atoms with Crippen LogP contribution >= 0.6 is 24.4 Å². The number of aromatic nitrogens is 2. The number of aromatic hydroxyl groups is 1. The molecule has 0 spiro atoms. The predicted octanol–water partition coefficient (Wildman–Crippen LogP) is -3.95. The van der Waals surface area contributed by atoms with Crippen molar-refractivity contribution in [3.05, 3.63) is 83.9 Å². The van der Waals surface area contributed by atoms with Crippen molar-refractivity contribution in [2.24, 2.45) is 38.8 Å². The summed E-state index contributed by atoms with van der Waals surface area (Å²) < 4.78 is 0. The number of carbonyl (C=O) groups excluding carboxylic acids is 11. The lowest BCUT2D eigenvalue weighted by molar-refractivity contribution is -0.142. The van der Waals surface area contributed by atoms with E-state index in [1.807, 2.05) is 0 Å². The van der Waals surface area contributed by atoms with Crippen molar-refractivity contribution in [3.63, 3.8) is 0 Å². The number of carbonyl (C=O) groups is 11. The third kappa shape index (κ3) is 23.0. The summed E-state index contributed by atoms with van der Waals surface area (Å²) in [5, 5.41) is 36.5. The summed E-state index contributed by atoms with van der Waals surface area (Å²) in [5.74, 6) is -10.6. The number of phenols is 1. The molecule has 10 atom stereocenters. The highest BCUT2D eigenvalue weighted by molar-refractivity contribution is 8.00. The van der Waals surface area contributed by atoms with Gasteiger partial charge >= 0.3 is 0 Å². The highest BCUT2D eigenvalue weighted by Crippen LogP contribution is 2.39. The summed E-state index contributed by atoms with van der Waals surface area (Å²) in [6.07, 6.45) is 2.56. The molecule has 2 aromatic carbocycles. The molecule has 91 heavy (non-hydrogen) atoms. The van der Waals surface area contributed by atoms with Crippen LogP contribution in [0.1, 0.15) is 83.5 Å². The second-order valence-corrected chi connectivity index (χ2v) is 24.4. The van der Waals surface area contributed by atoms with Gasteiger partial charge in [0.1, 0.15) is 60.1 Å². The second-order valence-electron chi connectivity index (χ2n) is 22.4. The first-order chi connectivity index (χ1) is 43.2. The first-order valence-electron chi connectivity index (χ1n) is 29.6. The number of aliphatic imine (C=N–C) groups is 2. The summed E-state index contributed by atoms with van der Waals surface area (Å²) in [6.45, 7) is 6.92. The number of guanidine groups is 2. The number of nitrogens with two attached hydrogens (primary N) is 4. The number of hydrogen-bond donors (Lipinski definition) is 17. The molecule has 1 aromatic heterocycles. The third-order valence-corrected chi connectivity index (χ3v) is 16.7. The fourth-order valence-corrected chi connectivity index (χ4v) is 11.3. The molecule has 2 aliphatic heterocycles. The van der Waals surface area contributed by atoms with Gasteiger partial charge < -0.3 is 91.1 Å². The van der Waals surface area contributed by atoms with Gasteiger partial charge in [-0.1, -0.05) is 62.7 Å². The quantitative estimate of drug-likeness (QED) is 0.0265. The van der Waals surface area contributed by atoms with E-state index in [9.17, 15) is 57.8 Å². The lowest BCUT2D eigenvalue weighted by atomic mass is 9.97. The number of rotatable bonds is 17. The molecule has 0 bridgehead atoms. The van der Waals surface area contributed by atoms with Gasteiger partial charge in [-0.25, -0.2) is 4.98 Å². The third-order valence-electron chi connectivity index (χ3n) is 15.0. The monoisotopic (exact) mass is 1300 g/mol. The zero-order valence-electron chi connectivity index (χ0n) is 51.4. The summed E-state index contributed by atoms with van der Waals surface area (Å²) >= 11 is 5.64. The van der Waals surface area contributed by atoms with Crippen molar-refractivity contribution in [1.29, 1.82) is 0 Å². The molecule has 11 amide bonds. The zero-order chi connectivity index (χ0) is 67.0. The minimum absolute atomic E-state index is 0.00576. The van der Waals surface area contributed by atoms with E-state index < -0.39 is 143 Å². The van der Waals surface area contributed by atoms with Crippen LogP contribution in [0.25, 0.3) is 0 Å². The first-order valence-corrected chi connectivity index (χ1v) is 31.3. The molecule has 0 radical (unpaired) electrons. The Morgan fingerprint density at radius 1 is 0.637 bits per heavy atom. The fraction of sp³-hybridized carbons (Fsp3) is 0.517. The molecule has 0 saturated carbocycles. The number of benzene rings is 2. The van der Waals surface area contributed by atoms with Gasteiger partial charge in [0.15, 0.2) is 11.9 Å². The van der Waals surface area contributed by atoms with Crippen molar-refractivity contribution >= 4 is 101 Å². The molecule has 2 saturated heterocycles. The summed E-state index contributed by atoms with van der Waals surface area (Å²) in [6, 6.07) is 1.72. The fourth-order valence-electron chi connectivity index (χ4n) is 9.78. The van der Waals surface area contributed by atoms with Gasteiger partial charge in [0.2, 0.25) is 65.0 Å². The van der Waals surface area contributed by atoms with Gasteiger partial charge in [0.05, 0.1) is 24.3 Å². The van der Waals surface area contributed by atoms with Crippen LogP contribution in [0.15, 0.2) is 77.1 Å². The Hall–Kier alpha value is -9.14. The molecule has 2 aliphatic rings. The topological polar surface area (TPSA) is 489 Å². The number of thioether (sulfide) groups is 1. The number of fused-ring (bicyclic) bond motifs is 1. The van der Waals surface area contributed by atoms with Crippen molar-refractivity contribution in [1.82, 2.24) is 68.0 Å². The van der Waals surface area contributed by atoms with Gasteiger partial charge in [-0.05, 0) is 75.6 Å². The Kier molecular flexibility index (Phi) is 28.2. The normalized spacial score (nSPS) is 24.4. The van der Waals surface area contributed by atoms with E-state index in [0.29, 0.717) is 23.2 Å². The molecule has 3 aromatic rings. The smallest absolute Gasteiger partial charge is 0.244 e. The van der Waals surface area contributed by atoms with Crippen LogP contribution in [-0.2, 0) is 72.0 Å². The summed E-state index contributed by atoms with van der Waals surface area (Å²) in [5.41, 5.74) is 23.6. The van der Waals surface area contributed by atoms with E-state index in [2.05, 4.69) is 85.7 Å². The average molecular weight is 1300 g/mol. The average Bonchev–Trinajstić information content (AvgIpc) is 1.68. The van der Waals surface area contributed by atoms with Crippen molar-refractivity contribution in [2.75, 3.05) is 37.7 Å². The minimum Gasteiger partial charge on any atom is -0.508 e. The van der Waals surface area contributed by atoms with Crippen LogP contribution in [-0.4, -0.2) is 194 Å². The van der Waals surface area contributed by atoms with Crippen LogP contribution < -0.4 is 76.1 Å². The van der Waals surface area contributed by atoms with Crippen LogP contribution in [0, 0.1) is 5.92 Å². The minimum atomic E-state index is -1.52. The van der Waals surface area contributed by atoms with E-state index in [0.717, 1.165) is 0 Å². The molecule has 0 aliphatic carbocycles. The largest absolute Gasteiger partial charge is 0.508 e. The highest BCUT2D eigenvalue weighted by Gasteiger charge is 2.47. The van der Waals surface area contributed by atoms with E-state index in [1.165, 1.54) is 60.4 Å². The molecule has 2 fully saturated rings. The number of hydrogen-bond acceptors (Lipinski definition) is 17. The van der Waals surface area contributed by atoms with E-state index >= 15 is 0 Å². The number of imidazole rings is 1. The molecule has 3 heterocycles. The summed E-state index contributed by atoms with van der Waals surface area (Å²) in [4.78, 5) is 172. The molecule has 496 valence electrons. The number of phenolic OH excluding ortho intramolecular Hbond substituents is 1. The highest BCUT2D eigenvalue weighted by atomic mass is 32.2. The van der Waals surface area contributed by atoms with Crippen LogP contribution in [0.5, 0.6) is 5.75 Å². The molecular weight excluding hydrogens is 1220 g/mol. The van der Waals surface area contributed by atoms with Gasteiger partial charge in [0.25, 0.3) is 0 Å². The van der Waals surface area contributed by atoms with Crippen molar-refractivity contribution in [3.8, 4) is 5.75 Å². The van der Waals surface area contributed by atoms with Gasteiger partial charge in [-0.3, -0.25) is 62.7 Å². The van der Waals surface area contributed by atoms with Crippen LogP contribution in [0.2, 0.25) is 0 Å². The lowest BCUT2D eigenvalue weighted by Crippen LogP contribution is -2.61. The molecule has 31 nitrogen and oxygen atoms in total. The molecule has 33 heteroatoms. The molecular formula is C58H85N19O12S2. The maximum Gasteiger partial charge on any atom is 0.244 e. The van der Waals surface area contributed by atoms with E-state index in [1.54, 1.807) is 58.0 Å². The number of amides is 11. The Morgan fingerprint density at radius 2 is 1.13 bits per heavy atom. The predicted molar refractivity (Wildman–Crippen MR) is 342 cm³/mol. The lowest BCUT2D eigenvalue weighted by Gasteiger charge is -2.34. The second kappa shape index (κ2) is 35.3. The molecule has 5 rings (SSSR count). The Balaban J connectivity index is 1.56. The maximum atomic E-state index is 14.8. The maximum absolute atomic E-state index is 14.8. The first kappa shape index (κ1) is 72.6. The van der Waals surface area contributed by atoms with Crippen LogP contribution in [0.3, 0.4) is 0 Å². The molecule has 20 N–H and O–H groups in total. The zero-order valence-corrected chi connectivity index (χ0v) is 53.1. The van der Waals surface area contributed by atoms with E-state index in [-0.39, 0.29) is 87.2 Å². The van der Waals surface area contributed by atoms with Crippen molar-refractivity contribution in [2.45, 2.75) is 145 Å². The van der Waals surface area contributed by atoms with E-state index in [4.69, 9.17) is 22.9 Å². The standard InChI is InChI=1S/C58H85N19O12S2/c1-6-31(2)46-55(89)67-27-45(80)77-43(29-91-58(77,4)5)54(88)66-26-44(79)70-37(14-10-20-64-56(59)60)48(82)69-32(3)47(81)72-39(22-33-12-8-7-9-13-33)51(85)75-42(28-90)53(87)73-40(23-34-16-18-36(78)19-17-34)50(84)71-38(15-11-21-65-57(61)62)49(83)74-41(52(86)76-46)24-35-25-63-30-68-35/h7-9,12-13,16-19,25,30-32,37-43,46,78,90H,6,10-11,14-15,20-24,26-29H2,1-5H3,(H,63,68)(H,66,88)(H,67,89)(H,69,82)(H,70,79)(H,71,84)(H,72,81)(H,73,87)(H,74,83)(H,75,85)(H,76,86)(H4,59,60,64)(H4,61,62,65)/t31-,32-,37-,38-,39-,40-,41-,42-,43-,46-/m0/s1. The Morgan fingerprint density at radius 3 is 1.69 bits per heavy atom. The Bertz CT molecular complexity index is 3080. The number of thiol groups is 1. The number of H-pyrrole nitrogens is 1. The SMILES string of the molecule is CC[C@H](C)[C@@H]1NC(=O)[C@H](Cc2cnc[nH]2)NC(=O)[C@H](CCCN=C(N)N)NC(=O)[C@H](Cc2ccc(O)cc2)NC(=O)[C@H](CS)NC(=O)[C@H](Cc2ccccc2)NC(=O)[C@H](C)NC(=O)[C@H](CCCN=C(N)N)NC(=O)CNC(=O)[C@@H]2CSC(C)(C)N2C(=O)CNC1=O. The number of nitrogens with one attached hydrogen (secondary N) is 11. The van der Waals surface area contributed by atoms with Crippen molar-refractivity contribution < 1.29 is 57.8 Å². The number of nitrogens with zero attached hydrogens (tertiary/aromatic N) is 4. The van der Waals surface area contributed by atoms with Gasteiger partial charge in [0, 0.05) is 55.7 Å². The number of aromatic amines is 1. The van der Waals surface area contributed by atoms with Gasteiger partial charge in [-0.15, -0.1) is 11.8 Å². The van der Waals surface area contributed by atoms with Gasteiger partial charge in [-0.2, -0.15) is 12.6 Å². The Labute approximate surface area is 536 Å².